The SMILES string of the molecule is CCOc1ccccc1/C=C/C(=O)NCCc1ccc(CO)cc1. The highest BCUT2D eigenvalue weighted by Crippen LogP contribution is 2.19. The van der Waals surface area contributed by atoms with Crippen molar-refractivity contribution in [3.63, 3.8) is 0 Å². The summed E-state index contributed by atoms with van der Waals surface area (Å²) in [6.07, 6.45) is 4.03. The zero-order chi connectivity index (χ0) is 17.2. The normalized spacial score (nSPS) is 10.8. The molecule has 0 fully saturated rings. The maximum atomic E-state index is 11.9. The van der Waals surface area contributed by atoms with Gasteiger partial charge in [-0.1, -0.05) is 42.5 Å². The summed E-state index contributed by atoms with van der Waals surface area (Å²) < 4.78 is 5.53. The van der Waals surface area contributed by atoms with Crippen LogP contribution < -0.4 is 10.1 Å². The highest BCUT2D eigenvalue weighted by Gasteiger charge is 2.00. The third kappa shape index (κ3) is 5.56. The largest absolute Gasteiger partial charge is 0.493 e. The van der Waals surface area contributed by atoms with Crippen molar-refractivity contribution in [2.75, 3.05) is 13.2 Å². The predicted molar refractivity (Wildman–Crippen MR) is 95.7 cm³/mol. The van der Waals surface area contributed by atoms with Gasteiger partial charge in [0.2, 0.25) is 5.91 Å². The van der Waals surface area contributed by atoms with E-state index in [1.807, 2.05) is 55.5 Å². The van der Waals surface area contributed by atoms with E-state index in [2.05, 4.69) is 5.32 Å². The second kappa shape index (κ2) is 9.53. The number of aliphatic hydroxyl groups is 1. The van der Waals surface area contributed by atoms with Crippen molar-refractivity contribution in [1.82, 2.24) is 5.32 Å². The highest BCUT2D eigenvalue weighted by molar-refractivity contribution is 5.92. The number of hydrogen-bond donors (Lipinski definition) is 2. The van der Waals surface area contributed by atoms with Crippen LogP contribution >= 0.6 is 0 Å². The first-order valence-electron chi connectivity index (χ1n) is 8.09. The van der Waals surface area contributed by atoms with E-state index in [9.17, 15) is 4.79 Å². The molecule has 0 saturated carbocycles. The fourth-order valence-corrected chi connectivity index (χ4v) is 2.27. The molecular weight excluding hydrogens is 302 g/mol. The number of aliphatic hydroxyl groups excluding tert-OH is 1. The summed E-state index contributed by atoms with van der Waals surface area (Å²) in [5, 5.41) is 11.9. The number of benzene rings is 2. The van der Waals surface area contributed by atoms with Crippen LogP contribution in [0.5, 0.6) is 5.75 Å². The number of ether oxygens (including phenoxy) is 1. The van der Waals surface area contributed by atoms with Crippen molar-refractivity contribution >= 4 is 12.0 Å². The van der Waals surface area contributed by atoms with E-state index in [4.69, 9.17) is 9.84 Å². The van der Waals surface area contributed by atoms with Crippen molar-refractivity contribution < 1.29 is 14.6 Å². The minimum Gasteiger partial charge on any atom is -0.493 e. The van der Waals surface area contributed by atoms with Crippen LogP contribution in [0.4, 0.5) is 0 Å². The third-order valence-corrected chi connectivity index (χ3v) is 3.55. The van der Waals surface area contributed by atoms with Crippen molar-refractivity contribution in [2.45, 2.75) is 20.0 Å². The lowest BCUT2D eigenvalue weighted by Crippen LogP contribution is -2.23. The first kappa shape index (κ1) is 17.8. The highest BCUT2D eigenvalue weighted by atomic mass is 16.5. The summed E-state index contributed by atoms with van der Waals surface area (Å²) in [7, 11) is 0. The quantitative estimate of drug-likeness (QED) is 0.734. The minimum atomic E-state index is -0.131. The number of amides is 1. The molecule has 0 heterocycles. The number of nitrogens with one attached hydrogen (secondary N) is 1. The first-order chi connectivity index (χ1) is 11.7. The van der Waals surface area contributed by atoms with Gasteiger partial charge in [0, 0.05) is 18.2 Å². The number of carbonyl (C=O) groups excluding carboxylic acids is 1. The molecule has 126 valence electrons. The fourth-order valence-electron chi connectivity index (χ4n) is 2.27. The van der Waals surface area contributed by atoms with Gasteiger partial charge in [0.05, 0.1) is 13.2 Å². The Labute approximate surface area is 142 Å². The van der Waals surface area contributed by atoms with Crippen LogP contribution in [0, 0.1) is 0 Å². The molecule has 4 nitrogen and oxygen atoms in total. The lowest BCUT2D eigenvalue weighted by molar-refractivity contribution is -0.116. The fraction of sp³-hybridized carbons (Fsp3) is 0.250. The molecule has 2 aromatic carbocycles. The molecule has 0 spiro atoms. The van der Waals surface area contributed by atoms with Crippen LogP contribution in [0.2, 0.25) is 0 Å². The van der Waals surface area contributed by atoms with Crippen molar-refractivity contribution in [3.05, 3.63) is 71.3 Å². The number of hydrogen-bond acceptors (Lipinski definition) is 3. The van der Waals surface area contributed by atoms with Crippen LogP contribution in [0.15, 0.2) is 54.6 Å². The second-order valence-electron chi connectivity index (χ2n) is 5.32. The standard InChI is InChI=1S/C20H23NO3/c1-2-24-19-6-4-3-5-18(19)11-12-20(23)21-14-13-16-7-9-17(15-22)10-8-16/h3-12,22H,2,13-15H2,1H3,(H,21,23)/b12-11+. The van der Waals surface area contributed by atoms with Crippen LogP contribution in [-0.2, 0) is 17.8 Å². The molecule has 2 aromatic rings. The predicted octanol–water partition coefficient (Wildman–Crippen LogP) is 2.95. The Balaban J connectivity index is 1.82. The smallest absolute Gasteiger partial charge is 0.244 e. The average Bonchev–Trinajstić information content (AvgIpc) is 2.62. The van der Waals surface area contributed by atoms with E-state index >= 15 is 0 Å². The summed E-state index contributed by atoms with van der Waals surface area (Å²) in [5.74, 6) is 0.640. The van der Waals surface area contributed by atoms with Crippen LogP contribution in [0.25, 0.3) is 6.08 Å². The van der Waals surface area contributed by atoms with E-state index in [0.717, 1.165) is 28.9 Å². The zero-order valence-electron chi connectivity index (χ0n) is 13.9. The van der Waals surface area contributed by atoms with Gasteiger partial charge in [-0.25, -0.2) is 0 Å². The van der Waals surface area contributed by atoms with Gasteiger partial charge >= 0.3 is 0 Å². The molecule has 0 aromatic heterocycles. The summed E-state index contributed by atoms with van der Waals surface area (Å²) in [6, 6.07) is 15.3. The van der Waals surface area contributed by atoms with Gasteiger partial charge in [-0.3, -0.25) is 4.79 Å². The molecule has 2 N–H and O–H groups in total. The van der Waals surface area contributed by atoms with Gasteiger partial charge in [-0.05, 0) is 36.6 Å². The monoisotopic (exact) mass is 325 g/mol. The van der Waals surface area contributed by atoms with Crippen molar-refractivity contribution in [1.29, 1.82) is 0 Å². The Morgan fingerprint density at radius 2 is 1.83 bits per heavy atom. The average molecular weight is 325 g/mol. The minimum absolute atomic E-state index is 0.0467. The number of para-hydroxylation sites is 1. The lowest BCUT2D eigenvalue weighted by Gasteiger charge is -2.06. The molecule has 2 rings (SSSR count). The first-order valence-corrected chi connectivity index (χ1v) is 8.09. The Morgan fingerprint density at radius 1 is 1.12 bits per heavy atom. The topological polar surface area (TPSA) is 58.6 Å². The van der Waals surface area contributed by atoms with E-state index in [-0.39, 0.29) is 12.5 Å². The molecule has 0 saturated heterocycles. The van der Waals surface area contributed by atoms with Gasteiger partial charge in [-0.2, -0.15) is 0 Å². The summed E-state index contributed by atoms with van der Waals surface area (Å²) in [6.45, 7) is 3.13. The summed E-state index contributed by atoms with van der Waals surface area (Å²) in [5.41, 5.74) is 2.89. The molecule has 0 bridgehead atoms. The van der Waals surface area contributed by atoms with Gasteiger partial charge in [0.15, 0.2) is 0 Å². The van der Waals surface area contributed by atoms with E-state index in [0.29, 0.717) is 13.2 Å². The molecule has 0 radical (unpaired) electrons. The van der Waals surface area contributed by atoms with Crippen LogP contribution in [-0.4, -0.2) is 24.2 Å². The van der Waals surface area contributed by atoms with E-state index in [1.54, 1.807) is 6.08 Å². The van der Waals surface area contributed by atoms with Crippen LogP contribution in [0.3, 0.4) is 0 Å². The summed E-state index contributed by atoms with van der Waals surface area (Å²) >= 11 is 0. The molecule has 24 heavy (non-hydrogen) atoms. The Kier molecular flexibility index (Phi) is 7.05. The van der Waals surface area contributed by atoms with E-state index in [1.165, 1.54) is 6.08 Å². The lowest BCUT2D eigenvalue weighted by atomic mass is 10.1. The molecule has 0 unspecified atom stereocenters. The van der Waals surface area contributed by atoms with E-state index < -0.39 is 0 Å². The Hall–Kier alpha value is -2.59. The number of carbonyl (C=O) groups is 1. The molecule has 1 amide bonds. The number of rotatable bonds is 8. The second-order valence-corrected chi connectivity index (χ2v) is 5.32. The Morgan fingerprint density at radius 3 is 2.54 bits per heavy atom. The van der Waals surface area contributed by atoms with Gasteiger partial charge in [0.1, 0.15) is 5.75 Å². The molecule has 0 aliphatic heterocycles. The van der Waals surface area contributed by atoms with Gasteiger partial charge in [0.25, 0.3) is 0 Å². The maximum Gasteiger partial charge on any atom is 0.244 e. The Bertz CT molecular complexity index is 678. The van der Waals surface area contributed by atoms with Gasteiger partial charge in [-0.15, -0.1) is 0 Å². The third-order valence-electron chi connectivity index (χ3n) is 3.55. The molecular formula is C20H23NO3. The van der Waals surface area contributed by atoms with Gasteiger partial charge < -0.3 is 15.2 Å². The molecule has 0 aliphatic carbocycles. The zero-order valence-corrected chi connectivity index (χ0v) is 13.9. The van der Waals surface area contributed by atoms with Crippen molar-refractivity contribution in [3.8, 4) is 5.75 Å². The summed E-state index contributed by atoms with van der Waals surface area (Å²) in [4.78, 5) is 11.9. The molecule has 4 heteroatoms. The van der Waals surface area contributed by atoms with Crippen LogP contribution in [0.1, 0.15) is 23.6 Å². The maximum absolute atomic E-state index is 11.9. The molecule has 0 atom stereocenters. The van der Waals surface area contributed by atoms with Crippen molar-refractivity contribution in [2.24, 2.45) is 0 Å². The molecule has 0 aliphatic rings.